The minimum Gasteiger partial charge on any atom is -0.348 e. The Balaban J connectivity index is 2.15. The fraction of sp³-hybridized carbons (Fsp3) is 0.778. The molecule has 0 aliphatic carbocycles. The van der Waals surface area contributed by atoms with Gasteiger partial charge in [-0.2, -0.15) is 0 Å². The van der Waals surface area contributed by atoms with E-state index >= 15 is 0 Å². The third-order valence-corrected chi connectivity index (χ3v) is 2.73. The lowest BCUT2D eigenvalue weighted by atomic mass is 10.1. The summed E-state index contributed by atoms with van der Waals surface area (Å²) in [5, 5.41) is 3.39. The van der Waals surface area contributed by atoms with Crippen molar-refractivity contribution in [3.63, 3.8) is 0 Å². The number of nitrogens with zero attached hydrogens (tertiary/aromatic N) is 1. The maximum atomic E-state index is 6.23. The molecule has 1 atom stereocenters. The Labute approximate surface area is 73.6 Å². The predicted molar refractivity (Wildman–Crippen MR) is 49.2 cm³/mol. The van der Waals surface area contributed by atoms with Crippen LogP contribution in [0.1, 0.15) is 25.7 Å². The second-order valence-corrected chi connectivity index (χ2v) is 3.67. The lowest BCUT2D eigenvalue weighted by Crippen LogP contribution is -2.66. The minimum atomic E-state index is -0.245. The highest BCUT2D eigenvalue weighted by Gasteiger charge is 2.32. The van der Waals surface area contributed by atoms with Gasteiger partial charge in [0, 0.05) is 13.1 Å². The highest BCUT2D eigenvalue weighted by molar-refractivity contribution is 4.97. The summed E-state index contributed by atoms with van der Waals surface area (Å²) in [6.45, 7) is 2.15. The summed E-state index contributed by atoms with van der Waals surface area (Å²) >= 11 is 0. The monoisotopic (exact) mass is 167 g/mol. The van der Waals surface area contributed by atoms with Crippen molar-refractivity contribution in [2.24, 2.45) is 5.73 Å². The second-order valence-electron chi connectivity index (χ2n) is 3.67. The van der Waals surface area contributed by atoms with E-state index in [2.05, 4.69) is 22.5 Å². The van der Waals surface area contributed by atoms with Crippen molar-refractivity contribution in [1.29, 1.82) is 0 Å². The molecule has 1 unspecified atom stereocenters. The van der Waals surface area contributed by atoms with Gasteiger partial charge in [0.1, 0.15) is 5.79 Å². The van der Waals surface area contributed by atoms with Crippen molar-refractivity contribution < 1.29 is 0 Å². The largest absolute Gasteiger partial charge is 0.348 e. The first-order valence-electron chi connectivity index (χ1n) is 4.79. The van der Waals surface area contributed by atoms with Gasteiger partial charge in [-0.15, -0.1) is 0 Å². The lowest BCUT2D eigenvalue weighted by molar-refractivity contribution is 0.0705. The number of fused-ring (bicyclic) bond motifs is 1. The molecule has 12 heavy (non-hydrogen) atoms. The standard InChI is InChI=1S/C9H17N3/c10-9-5-2-1-3-7-12(9)8-4-6-11-9/h3,7,11H,1-2,4-6,8,10H2. The van der Waals surface area contributed by atoms with Gasteiger partial charge in [-0.25, -0.2) is 0 Å². The Hall–Kier alpha value is -0.540. The van der Waals surface area contributed by atoms with Crippen molar-refractivity contribution in [3.8, 4) is 0 Å². The van der Waals surface area contributed by atoms with Gasteiger partial charge in [-0.05, 0) is 31.9 Å². The van der Waals surface area contributed by atoms with Gasteiger partial charge in [0.05, 0.1) is 0 Å². The molecule has 0 saturated carbocycles. The lowest BCUT2D eigenvalue weighted by Gasteiger charge is -2.44. The summed E-state index contributed by atoms with van der Waals surface area (Å²) in [5.41, 5.74) is 6.23. The molecule has 0 spiro atoms. The van der Waals surface area contributed by atoms with E-state index in [4.69, 9.17) is 5.73 Å². The molecular weight excluding hydrogens is 150 g/mol. The van der Waals surface area contributed by atoms with Crippen LogP contribution in [-0.2, 0) is 0 Å². The predicted octanol–water partition coefficient (Wildman–Crippen LogP) is 0.592. The van der Waals surface area contributed by atoms with Crippen LogP contribution < -0.4 is 11.1 Å². The van der Waals surface area contributed by atoms with Gasteiger partial charge in [-0.1, -0.05) is 6.08 Å². The van der Waals surface area contributed by atoms with E-state index in [0.29, 0.717) is 0 Å². The maximum Gasteiger partial charge on any atom is 0.143 e. The van der Waals surface area contributed by atoms with Crippen molar-refractivity contribution >= 4 is 0 Å². The molecule has 2 rings (SSSR count). The van der Waals surface area contributed by atoms with Crippen LogP contribution in [0.4, 0.5) is 0 Å². The summed E-state index contributed by atoms with van der Waals surface area (Å²) < 4.78 is 0. The number of hydrogen-bond donors (Lipinski definition) is 2. The van der Waals surface area contributed by atoms with Crippen LogP contribution in [0.15, 0.2) is 12.3 Å². The zero-order valence-corrected chi connectivity index (χ0v) is 7.42. The molecule has 68 valence electrons. The number of allylic oxidation sites excluding steroid dienone is 1. The molecule has 3 nitrogen and oxygen atoms in total. The molecule has 2 heterocycles. The van der Waals surface area contributed by atoms with Crippen LogP contribution in [0.3, 0.4) is 0 Å². The van der Waals surface area contributed by atoms with Gasteiger partial charge >= 0.3 is 0 Å². The zero-order chi connectivity index (χ0) is 8.44. The van der Waals surface area contributed by atoms with Crippen LogP contribution in [0, 0.1) is 0 Å². The average molecular weight is 167 g/mol. The Morgan fingerprint density at radius 3 is 3.25 bits per heavy atom. The summed E-state index contributed by atoms with van der Waals surface area (Å²) in [7, 11) is 0. The number of hydrogen-bond acceptors (Lipinski definition) is 3. The van der Waals surface area contributed by atoms with Crippen molar-refractivity contribution in [2.75, 3.05) is 13.1 Å². The number of rotatable bonds is 0. The van der Waals surface area contributed by atoms with E-state index in [1.807, 2.05) is 0 Å². The Kier molecular flexibility index (Phi) is 2.07. The number of nitrogens with two attached hydrogens (primary N) is 1. The molecule has 0 aromatic carbocycles. The van der Waals surface area contributed by atoms with Gasteiger partial charge in [0.25, 0.3) is 0 Å². The van der Waals surface area contributed by atoms with Crippen LogP contribution in [-0.4, -0.2) is 23.8 Å². The zero-order valence-electron chi connectivity index (χ0n) is 7.42. The Morgan fingerprint density at radius 2 is 2.33 bits per heavy atom. The van der Waals surface area contributed by atoms with E-state index in [-0.39, 0.29) is 5.79 Å². The van der Waals surface area contributed by atoms with Crippen LogP contribution in [0.5, 0.6) is 0 Å². The first-order valence-corrected chi connectivity index (χ1v) is 4.79. The van der Waals surface area contributed by atoms with E-state index in [0.717, 1.165) is 25.9 Å². The molecule has 0 aromatic rings. The van der Waals surface area contributed by atoms with Gasteiger partial charge in [0.2, 0.25) is 0 Å². The molecule has 3 N–H and O–H groups in total. The smallest absolute Gasteiger partial charge is 0.143 e. The summed E-state index contributed by atoms with van der Waals surface area (Å²) in [6, 6.07) is 0. The third kappa shape index (κ3) is 1.34. The van der Waals surface area contributed by atoms with Crippen molar-refractivity contribution in [1.82, 2.24) is 10.2 Å². The molecule has 2 aliphatic heterocycles. The molecule has 1 fully saturated rings. The Morgan fingerprint density at radius 1 is 1.42 bits per heavy atom. The fourth-order valence-corrected chi connectivity index (χ4v) is 1.99. The van der Waals surface area contributed by atoms with Crippen molar-refractivity contribution in [2.45, 2.75) is 31.5 Å². The molecule has 0 aromatic heterocycles. The molecular formula is C9H17N3. The van der Waals surface area contributed by atoms with E-state index in [1.165, 1.54) is 12.8 Å². The quantitative estimate of drug-likeness (QED) is 0.555. The summed E-state index contributed by atoms with van der Waals surface area (Å²) in [6.07, 6.45) is 8.98. The summed E-state index contributed by atoms with van der Waals surface area (Å²) in [4.78, 5) is 2.24. The molecule has 2 aliphatic rings. The first-order chi connectivity index (χ1) is 5.81. The van der Waals surface area contributed by atoms with E-state index in [9.17, 15) is 0 Å². The summed E-state index contributed by atoms with van der Waals surface area (Å²) in [5.74, 6) is -0.245. The van der Waals surface area contributed by atoms with Crippen molar-refractivity contribution in [3.05, 3.63) is 12.3 Å². The Bertz CT molecular complexity index is 190. The molecule has 3 heteroatoms. The highest BCUT2D eigenvalue weighted by Crippen LogP contribution is 2.21. The van der Waals surface area contributed by atoms with Crippen LogP contribution in [0.2, 0.25) is 0 Å². The number of nitrogens with one attached hydrogen (secondary N) is 1. The topological polar surface area (TPSA) is 41.3 Å². The van der Waals surface area contributed by atoms with E-state index in [1.54, 1.807) is 0 Å². The minimum absolute atomic E-state index is 0.245. The maximum absolute atomic E-state index is 6.23. The van der Waals surface area contributed by atoms with E-state index < -0.39 is 0 Å². The van der Waals surface area contributed by atoms with Gasteiger partial charge in [-0.3, -0.25) is 11.1 Å². The molecule has 0 bridgehead atoms. The molecule has 0 amide bonds. The highest BCUT2D eigenvalue weighted by atomic mass is 15.4. The first kappa shape index (κ1) is 8.08. The normalized spacial score (nSPS) is 35.9. The SMILES string of the molecule is NC12CCCC=CN1CCCN2. The van der Waals surface area contributed by atoms with Gasteiger partial charge < -0.3 is 4.90 Å². The second kappa shape index (κ2) is 3.07. The van der Waals surface area contributed by atoms with Crippen LogP contribution >= 0.6 is 0 Å². The van der Waals surface area contributed by atoms with Gasteiger partial charge in [0.15, 0.2) is 0 Å². The fourth-order valence-electron chi connectivity index (χ4n) is 1.99. The third-order valence-electron chi connectivity index (χ3n) is 2.73. The van der Waals surface area contributed by atoms with Crippen LogP contribution in [0.25, 0.3) is 0 Å². The molecule has 1 saturated heterocycles. The molecule has 0 radical (unpaired) electrons. The average Bonchev–Trinajstić information content (AvgIpc) is 2.25.